The third-order valence-corrected chi connectivity index (χ3v) is 1.21. The van der Waals surface area contributed by atoms with E-state index < -0.39 is 0 Å². The molecule has 0 N–H and O–H groups in total. The Morgan fingerprint density at radius 1 is 1.67 bits per heavy atom. The molecule has 0 amide bonds. The number of nitriles is 1. The second kappa shape index (κ2) is 6.44. The molecule has 0 aliphatic rings. The highest BCUT2D eigenvalue weighted by molar-refractivity contribution is 6.25. The van der Waals surface area contributed by atoms with Gasteiger partial charge in [0, 0.05) is 18.7 Å². The van der Waals surface area contributed by atoms with E-state index in [2.05, 4.69) is 4.99 Å². The number of allylic oxidation sites excluding steroid dienone is 2. The largest absolute Gasteiger partial charge is 0.481 e. The van der Waals surface area contributed by atoms with Crippen LogP contribution in [0, 0.1) is 11.3 Å². The molecule has 0 bridgehead atoms. The second-order valence-electron chi connectivity index (χ2n) is 1.77. The van der Waals surface area contributed by atoms with E-state index in [-0.39, 0.29) is 0 Å². The maximum atomic E-state index is 8.56. The second-order valence-corrected chi connectivity index (χ2v) is 2.02. The minimum atomic E-state index is 0.390. The van der Waals surface area contributed by atoms with Crippen molar-refractivity contribution in [1.29, 1.82) is 5.26 Å². The Balaban J connectivity index is 4.61. The fraction of sp³-hybridized carbons (Fsp3) is 0.250. The van der Waals surface area contributed by atoms with Crippen molar-refractivity contribution in [3.8, 4) is 6.07 Å². The van der Waals surface area contributed by atoms with Gasteiger partial charge in [-0.25, -0.2) is 0 Å². The molecule has 12 heavy (non-hydrogen) atoms. The third-order valence-electron chi connectivity index (χ3n) is 1.08. The van der Waals surface area contributed by atoms with Crippen LogP contribution >= 0.6 is 11.6 Å². The van der Waals surface area contributed by atoms with Crippen LogP contribution in [-0.4, -0.2) is 20.1 Å². The summed E-state index contributed by atoms with van der Waals surface area (Å²) in [6.45, 7) is 0. The van der Waals surface area contributed by atoms with Crippen molar-refractivity contribution in [2.75, 3.05) is 14.2 Å². The van der Waals surface area contributed by atoms with Crippen molar-refractivity contribution in [3.63, 3.8) is 0 Å². The molecule has 0 saturated carbocycles. The normalized spacial score (nSPS) is 13.2. The lowest BCUT2D eigenvalue weighted by Gasteiger charge is -1.95. The molecule has 0 atom stereocenters. The van der Waals surface area contributed by atoms with Crippen molar-refractivity contribution in [3.05, 3.63) is 23.3 Å². The van der Waals surface area contributed by atoms with Crippen LogP contribution in [0.5, 0.6) is 0 Å². The number of aliphatic imine (C=N–C) groups is 1. The molecule has 0 aliphatic heterocycles. The number of methoxy groups -OCH3 is 1. The topological polar surface area (TPSA) is 45.4 Å². The molecular formula is C8H9ClN2O. The first-order valence-corrected chi connectivity index (χ1v) is 3.61. The first-order valence-electron chi connectivity index (χ1n) is 3.17. The predicted octanol–water partition coefficient (Wildman–Crippen LogP) is 1.86. The number of nitrogens with zero attached hydrogens (tertiary/aromatic N) is 2. The molecule has 4 heteroatoms. The van der Waals surface area contributed by atoms with Crippen molar-refractivity contribution in [2.45, 2.75) is 0 Å². The summed E-state index contributed by atoms with van der Waals surface area (Å²) < 4.78 is 4.82. The number of hydrogen-bond acceptors (Lipinski definition) is 3. The van der Waals surface area contributed by atoms with Gasteiger partial charge in [0.25, 0.3) is 0 Å². The molecule has 0 aromatic rings. The van der Waals surface area contributed by atoms with Gasteiger partial charge in [0.1, 0.15) is 0 Å². The van der Waals surface area contributed by atoms with E-state index in [1.54, 1.807) is 7.05 Å². The van der Waals surface area contributed by atoms with Crippen LogP contribution < -0.4 is 0 Å². The van der Waals surface area contributed by atoms with Crippen LogP contribution in [0.1, 0.15) is 0 Å². The van der Waals surface area contributed by atoms with Gasteiger partial charge in [0.2, 0.25) is 5.90 Å². The molecule has 3 nitrogen and oxygen atoms in total. The Morgan fingerprint density at radius 2 is 2.33 bits per heavy atom. The fourth-order valence-corrected chi connectivity index (χ4v) is 0.669. The number of ether oxygens (including phenoxy) is 1. The first-order chi connectivity index (χ1) is 5.78. The van der Waals surface area contributed by atoms with E-state index in [4.69, 9.17) is 21.6 Å². The Morgan fingerprint density at radius 3 is 2.67 bits per heavy atom. The monoisotopic (exact) mass is 184 g/mol. The molecule has 0 aliphatic carbocycles. The molecule has 0 rings (SSSR count). The number of rotatable bonds is 2. The third kappa shape index (κ3) is 3.79. The summed E-state index contributed by atoms with van der Waals surface area (Å²) in [5, 5.41) is 8.56. The molecule has 0 unspecified atom stereocenters. The van der Waals surface area contributed by atoms with E-state index in [0.29, 0.717) is 11.5 Å². The van der Waals surface area contributed by atoms with Crippen molar-refractivity contribution in [1.82, 2.24) is 0 Å². The zero-order chi connectivity index (χ0) is 9.40. The fourth-order valence-electron chi connectivity index (χ4n) is 0.533. The van der Waals surface area contributed by atoms with Gasteiger partial charge in [-0.1, -0.05) is 11.6 Å². The molecule has 0 heterocycles. The van der Waals surface area contributed by atoms with Crippen molar-refractivity contribution >= 4 is 17.5 Å². The minimum Gasteiger partial charge on any atom is -0.481 e. The molecule has 0 aromatic heterocycles. The molecular weight excluding hydrogens is 176 g/mol. The summed E-state index contributed by atoms with van der Waals surface area (Å²) in [6, 6.07) is 1.93. The highest BCUT2D eigenvalue weighted by Crippen LogP contribution is 1.97. The summed E-state index contributed by atoms with van der Waals surface area (Å²) in [5.41, 5.74) is 1.66. The molecule has 64 valence electrons. The van der Waals surface area contributed by atoms with Gasteiger partial charge < -0.3 is 4.74 Å². The molecule has 0 radical (unpaired) electrons. The molecule has 0 fully saturated rings. The Kier molecular flexibility index (Phi) is 5.76. The highest BCUT2D eigenvalue weighted by atomic mass is 35.5. The lowest BCUT2D eigenvalue weighted by molar-refractivity contribution is 0.406. The lowest BCUT2D eigenvalue weighted by Crippen LogP contribution is -1.96. The van der Waals surface area contributed by atoms with Crippen molar-refractivity contribution in [2.24, 2.45) is 4.99 Å². The summed E-state index contributed by atoms with van der Waals surface area (Å²) in [4.78, 5) is 3.77. The highest BCUT2D eigenvalue weighted by Gasteiger charge is 1.93. The zero-order valence-electron chi connectivity index (χ0n) is 6.91. The van der Waals surface area contributed by atoms with Gasteiger partial charge in [0.15, 0.2) is 0 Å². The van der Waals surface area contributed by atoms with Crippen LogP contribution in [0.3, 0.4) is 0 Å². The summed E-state index contributed by atoms with van der Waals surface area (Å²) in [6.07, 6.45) is 2.96. The van der Waals surface area contributed by atoms with E-state index in [1.807, 2.05) is 6.07 Å². The van der Waals surface area contributed by atoms with Gasteiger partial charge in [-0.2, -0.15) is 5.26 Å². The molecule has 0 spiro atoms. The summed E-state index contributed by atoms with van der Waals surface area (Å²) in [7, 11) is 3.06. The van der Waals surface area contributed by atoms with Crippen LogP contribution in [0.4, 0.5) is 0 Å². The van der Waals surface area contributed by atoms with Crippen LogP contribution in [0.15, 0.2) is 28.3 Å². The maximum Gasteiger partial charge on any atom is 0.209 e. The Hall–Kier alpha value is -1.27. The van der Waals surface area contributed by atoms with E-state index in [1.165, 1.54) is 24.8 Å². The smallest absolute Gasteiger partial charge is 0.209 e. The van der Waals surface area contributed by atoms with Crippen LogP contribution in [0.25, 0.3) is 0 Å². The number of hydrogen-bond donors (Lipinski definition) is 0. The van der Waals surface area contributed by atoms with Gasteiger partial charge in [-0.15, -0.1) is 0 Å². The quantitative estimate of drug-likeness (QED) is 0.285. The lowest BCUT2D eigenvalue weighted by atomic mass is 10.3. The van der Waals surface area contributed by atoms with E-state index in [9.17, 15) is 0 Å². The van der Waals surface area contributed by atoms with Gasteiger partial charge in [-0.05, 0) is 6.08 Å². The molecule has 0 saturated heterocycles. The summed E-state index contributed by atoms with van der Waals surface area (Å²) in [5.74, 6) is 0.390. The van der Waals surface area contributed by atoms with Gasteiger partial charge in [0.05, 0.1) is 18.8 Å². The van der Waals surface area contributed by atoms with Crippen LogP contribution in [0.2, 0.25) is 0 Å². The van der Waals surface area contributed by atoms with E-state index in [0.717, 1.165) is 0 Å². The van der Waals surface area contributed by atoms with Crippen molar-refractivity contribution < 1.29 is 4.74 Å². The summed E-state index contributed by atoms with van der Waals surface area (Å²) >= 11 is 5.29. The molecule has 0 aromatic carbocycles. The number of halogens is 1. The average Bonchev–Trinajstić information content (AvgIpc) is 2.12. The zero-order valence-corrected chi connectivity index (χ0v) is 7.67. The predicted molar refractivity (Wildman–Crippen MR) is 49.1 cm³/mol. The first kappa shape index (κ1) is 10.7. The van der Waals surface area contributed by atoms with Crippen LogP contribution in [-0.2, 0) is 4.74 Å². The van der Waals surface area contributed by atoms with Gasteiger partial charge in [-0.3, -0.25) is 4.99 Å². The average molecular weight is 185 g/mol. The van der Waals surface area contributed by atoms with E-state index >= 15 is 0 Å². The minimum absolute atomic E-state index is 0.390. The van der Waals surface area contributed by atoms with Gasteiger partial charge >= 0.3 is 0 Å². The standard InChI is InChI=1S/C8H9ClN2O/c1-11-8(12-2)5-7(6-10)3-4-9/h3-5H,1-2H3/b4-3+,7-5+,11-8?. The Bertz CT molecular complexity index is 261. The Labute approximate surface area is 76.6 Å². The SMILES string of the molecule is CN=C(/C=C(C#N)\C=C\Cl)OC. The maximum absolute atomic E-state index is 8.56.